The first-order valence-electron chi connectivity index (χ1n) is 7.44. The van der Waals surface area contributed by atoms with Crippen LogP contribution in [0.25, 0.3) is 0 Å². The van der Waals surface area contributed by atoms with Gasteiger partial charge in [0.15, 0.2) is 0 Å². The number of nitrogens with zero attached hydrogens (tertiary/aromatic N) is 1. The monoisotopic (exact) mass is 320 g/mol. The molecule has 0 saturated heterocycles. The van der Waals surface area contributed by atoms with Gasteiger partial charge in [-0.3, -0.25) is 0 Å². The molecule has 1 unspecified atom stereocenters. The van der Waals surface area contributed by atoms with Crippen LogP contribution in [0.3, 0.4) is 0 Å². The first kappa shape index (κ1) is 14.9. The highest BCUT2D eigenvalue weighted by Crippen LogP contribution is 2.38. The number of thiophene rings is 1. The molecule has 0 bridgehead atoms. The lowest BCUT2D eigenvalue weighted by molar-refractivity contribution is 0.652. The fourth-order valence-electron chi connectivity index (χ4n) is 2.56. The minimum absolute atomic E-state index is 0.322. The Hall–Kier alpha value is -1.03. The molecule has 2 aromatic rings. The number of rotatable bonds is 6. The lowest BCUT2D eigenvalue weighted by atomic mass is 10.1. The fraction of sp³-hybridized carbons (Fsp3) is 0.412. The Kier molecular flexibility index (Phi) is 4.53. The second kappa shape index (κ2) is 6.39. The van der Waals surface area contributed by atoms with Gasteiger partial charge in [0.1, 0.15) is 0 Å². The smallest absolute Gasteiger partial charge is 0.0643 e. The maximum absolute atomic E-state index is 6.57. The second-order valence-corrected chi connectivity index (χ2v) is 7.10. The maximum atomic E-state index is 6.57. The van der Waals surface area contributed by atoms with Crippen molar-refractivity contribution < 1.29 is 0 Å². The van der Waals surface area contributed by atoms with Crippen LogP contribution in [0.2, 0.25) is 5.02 Å². The van der Waals surface area contributed by atoms with Crippen LogP contribution < -0.4 is 10.2 Å². The lowest BCUT2D eigenvalue weighted by Gasteiger charge is -2.26. The van der Waals surface area contributed by atoms with Crippen molar-refractivity contribution in [1.29, 1.82) is 0 Å². The molecule has 1 saturated carbocycles. The molecule has 0 aliphatic heterocycles. The van der Waals surface area contributed by atoms with Crippen molar-refractivity contribution in [3.8, 4) is 0 Å². The van der Waals surface area contributed by atoms with Crippen molar-refractivity contribution in [3.05, 3.63) is 51.2 Å². The molecule has 2 nitrogen and oxygen atoms in total. The number of halogens is 1. The summed E-state index contributed by atoms with van der Waals surface area (Å²) in [7, 11) is 1.97. The largest absolute Gasteiger partial charge is 0.362 e. The van der Waals surface area contributed by atoms with E-state index in [2.05, 4.69) is 52.9 Å². The molecule has 3 rings (SSSR count). The molecule has 0 spiro atoms. The van der Waals surface area contributed by atoms with Crippen LogP contribution >= 0.6 is 22.9 Å². The van der Waals surface area contributed by atoms with Gasteiger partial charge in [-0.05, 0) is 56.0 Å². The van der Waals surface area contributed by atoms with E-state index in [0.717, 1.165) is 11.6 Å². The van der Waals surface area contributed by atoms with E-state index in [-0.39, 0.29) is 0 Å². The summed E-state index contributed by atoms with van der Waals surface area (Å²) in [6.45, 7) is 3.11. The molecule has 1 fully saturated rings. The van der Waals surface area contributed by atoms with Gasteiger partial charge in [-0.1, -0.05) is 23.7 Å². The van der Waals surface area contributed by atoms with Crippen molar-refractivity contribution >= 4 is 28.6 Å². The third kappa shape index (κ3) is 3.42. The molecule has 1 aliphatic carbocycles. The molecule has 112 valence electrons. The molecule has 1 heterocycles. The van der Waals surface area contributed by atoms with Gasteiger partial charge in [-0.2, -0.15) is 0 Å². The highest BCUT2D eigenvalue weighted by atomic mass is 35.5. The van der Waals surface area contributed by atoms with Gasteiger partial charge in [-0.25, -0.2) is 0 Å². The summed E-state index contributed by atoms with van der Waals surface area (Å²) in [5, 5.41) is 6.26. The molecule has 1 aromatic heterocycles. The van der Waals surface area contributed by atoms with Crippen LogP contribution in [-0.2, 0) is 6.54 Å². The second-order valence-electron chi connectivity index (χ2n) is 5.66. The van der Waals surface area contributed by atoms with Crippen molar-refractivity contribution in [1.82, 2.24) is 5.32 Å². The van der Waals surface area contributed by atoms with E-state index in [0.29, 0.717) is 12.1 Å². The molecular formula is C17H21ClN2S. The summed E-state index contributed by atoms with van der Waals surface area (Å²) in [4.78, 5) is 3.85. The standard InChI is InChI=1S/C17H21ClN2S/c1-12(19-2)13-5-8-17(16(18)10-13)20(14-6-7-14)11-15-4-3-9-21-15/h3-5,8-10,12,14,19H,6-7,11H2,1-2H3. The highest BCUT2D eigenvalue weighted by Gasteiger charge is 2.30. The zero-order valence-corrected chi connectivity index (χ0v) is 14.0. The Morgan fingerprint density at radius 2 is 2.19 bits per heavy atom. The van der Waals surface area contributed by atoms with Crippen molar-refractivity contribution in [3.63, 3.8) is 0 Å². The first-order chi connectivity index (χ1) is 10.2. The summed E-state index contributed by atoms with van der Waals surface area (Å²) in [6, 6.07) is 11.8. The molecule has 1 aromatic carbocycles. The molecule has 1 N–H and O–H groups in total. The molecular weight excluding hydrogens is 300 g/mol. The van der Waals surface area contributed by atoms with Crippen LogP contribution in [0.1, 0.15) is 36.2 Å². The number of nitrogens with one attached hydrogen (secondary N) is 1. The molecule has 1 aliphatic rings. The molecule has 0 radical (unpaired) electrons. The van der Waals surface area contributed by atoms with Gasteiger partial charge in [0.25, 0.3) is 0 Å². The van der Waals surface area contributed by atoms with E-state index >= 15 is 0 Å². The predicted molar refractivity (Wildman–Crippen MR) is 92.5 cm³/mol. The predicted octanol–water partition coefficient (Wildman–Crippen LogP) is 4.85. The molecule has 1 atom stereocenters. The number of hydrogen-bond acceptors (Lipinski definition) is 3. The minimum atomic E-state index is 0.322. The SMILES string of the molecule is CNC(C)c1ccc(N(Cc2cccs2)C2CC2)c(Cl)c1. The minimum Gasteiger partial charge on any atom is -0.362 e. The Morgan fingerprint density at radius 1 is 1.38 bits per heavy atom. The normalized spacial score (nSPS) is 16.0. The summed E-state index contributed by atoms with van der Waals surface area (Å²) < 4.78 is 0. The third-order valence-corrected chi connectivity index (χ3v) is 5.27. The zero-order chi connectivity index (χ0) is 14.8. The number of benzene rings is 1. The van der Waals surface area contributed by atoms with Gasteiger partial charge in [0.2, 0.25) is 0 Å². The third-order valence-electron chi connectivity index (χ3n) is 4.11. The van der Waals surface area contributed by atoms with Gasteiger partial charge < -0.3 is 10.2 Å². The number of hydrogen-bond donors (Lipinski definition) is 1. The summed E-state index contributed by atoms with van der Waals surface area (Å²) in [6.07, 6.45) is 2.55. The van der Waals surface area contributed by atoms with Gasteiger partial charge in [0, 0.05) is 17.0 Å². The Bertz CT molecular complexity index is 593. The van der Waals surface area contributed by atoms with Crippen molar-refractivity contribution in [2.75, 3.05) is 11.9 Å². The van der Waals surface area contributed by atoms with Gasteiger partial charge >= 0.3 is 0 Å². The first-order valence-corrected chi connectivity index (χ1v) is 8.70. The van der Waals surface area contributed by atoms with E-state index in [9.17, 15) is 0 Å². The molecule has 0 amide bonds. The van der Waals surface area contributed by atoms with E-state index in [1.807, 2.05) is 18.4 Å². The fourth-order valence-corrected chi connectivity index (χ4v) is 3.56. The van der Waals surface area contributed by atoms with Crippen LogP contribution in [0, 0.1) is 0 Å². The van der Waals surface area contributed by atoms with Crippen molar-refractivity contribution in [2.45, 2.75) is 38.4 Å². The van der Waals surface area contributed by atoms with E-state index in [1.54, 1.807) is 0 Å². The van der Waals surface area contributed by atoms with Crippen LogP contribution in [0.15, 0.2) is 35.7 Å². The number of anilines is 1. The summed E-state index contributed by atoms with van der Waals surface area (Å²) >= 11 is 8.39. The maximum Gasteiger partial charge on any atom is 0.0643 e. The van der Waals surface area contributed by atoms with E-state index in [4.69, 9.17) is 11.6 Å². The Balaban J connectivity index is 1.85. The van der Waals surface area contributed by atoms with Gasteiger partial charge in [-0.15, -0.1) is 11.3 Å². The zero-order valence-electron chi connectivity index (χ0n) is 12.5. The lowest BCUT2D eigenvalue weighted by Crippen LogP contribution is -2.25. The van der Waals surface area contributed by atoms with Crippen LogP contribution in [0.5, 0.6) is 0 Å². The molecule has 4 heteroatoms. The average Bonchev–Trinajstić information content (AvgIpc) is 3.21. The molecule has 21 heavy (non-hydrogen) atoms. The Morgan fingerprint density at radius 3 is 2.76 bits per heavy atom. The van der Waals surface area contributed by atoms with Gasteiger partial charge in [0.05, 0.1) is 17.3 Å². The Labute approximate surface area is 135 Å². The van der Waals surface area contributed by atoms with Crippen LogP contribution in [0.4, 0.5) is 5.69 Å². The topological polar surface area (TPSA) is 15.3 Å². The average molecular weight is 321 g/mol. The quantitative estimate of drug-likeness (QED) is 0.818. The highest BCUT2D eigenvalue weighted by molar-refractivity contribution is 7.09. The van der Waals surface area contributed by atoms with E-state index in [1.165, 1.54) is 29.0 Å². The summed E-state index contributed by atoms with van der Waals surface area (Å²) in [5.74, 6) is 0. The van der Waals surface area contributed by atoms with E-state index < -0.39 is 0 Å². The van der Waals surface area contributed by atoms with Crippen molar-refractivity contribution in [2.24, 2.45) is 0 Å². The summed E-state index contributed by atoms with van der Waals surface area (Å²) in [5.41, 5.74) is 2.40. The van der Waals surface area contributed by atoms with Crippen LogP contribution in [-0.4, -0.2) is 13.1 Å².